The molecule has 1 aromatic carbocycles. The Labute approximate surface area is 166 Å². The molecule has 0 spiro atoms. The highest BCUT2D eigenvalue weighted by Gasteiger charge is 2.33. The third kappa shape index (κ3) is 5.33. The lowest BCUT2D eigenvalue weighted by Crippen LogP contribution is -2.45. The fourth-order valence-corrected chi connectivity index (χ4v) is 5.40. The van der Waals surface area contributed by atoms with Gasteiger partial charge in [0.1, 0.15) is 0 Å². The fraction of sp³-hybridized carbons (Fsp3) is 0.550. The van der Waals surface area contributed by atoms with Crippen molar-refractivity contribution in [1.29, 1.82) is 0 Å². The average molecular weight is 411 g/mol. The standard InChI is InChI=1S/C20H27ClN2O3S/c21-18-8-10-19(11-9-18)27(25,26)23-14-4-7-17(15-23)20(24)22-13-12-16-5-2-1-3-6-16/h5,8-11,17H,1-4,6-7,12-15H2,(H,22,24)/t17-/m1/s1. The van der Waals surface area contributed by atoms with Gasteiger partial charge in [0.15, 0.2) is 0 Å². The van der Waals surface area contributed by atoms with Crippen molar-refractivity contribution >= 4 is 27.5 Å². The number of carbonyl (C=O) groups excluding carboxylic acids is 1. The Kier molecular flexibility index (Phi) is 6.95. The van der Waals surface area contributed by atoms with Crippen molar-refractivity contribution in [2.24, 2.45) is 5.92 Å². The van der Waals surface area contributed by atoms with Crippen molar-refractivity contribution in [3.05, 3.63) is 40.9 Å². The monoisotopic (exact) mass is 410 g/mol. The topological polar surface area (TPSA) is 66.5 Å². The van der Waals surface area contributed by atoms with Gasteiger partial charge in [0.25, 0.3) is 0 Å². The van der Waals surface area contributed by atoms with Crippen molar-refractivity contribution in [1.82, 2.24) is 9.62 Å². The molecule has 1 aliphatic heterocycles. The summed E-state index contributed by atoms with van der Waals surface area (Å²) in [6.07, 6.45) is 9.37. The summed E-state index contributed by atoms with van der Waals surface area (Å²) in [5.74, 6) is -0.330. The van der Waals surface area contributed by atoms with E-state index in [1.807, 2.05) is 0 Å². The number of carbonyl (C=O) groups is 1. The highest BCUT2D eigenvalue weighted by Crippen LogP contribution is 2.25. The lowest BCUT2D eigenvalue weighted by molar-refractivity contribution is -0.126. The van der Waals surface area contributed by atoms with Crippen molar-refractivity contribution in [3.63, 3.8) is 0 Å². The van der Waals surface area contributed by atoms with E-state index < -0.39 is 10.0 Å². The molecule has 1 N–H and O–H groups in total. The molecule has 0 bridgehead atoms. The summed E-state index contributed by atoms with van der Waals surface area (Å²) in [5, 5.41) is 3.50. The molecular formula is C20H27ClN2O3S. The summed E-state index contributed by atoms with van der Waals surface area (Å²) in [4.78, 5) is 12.7. The molecular weight excluding hydrogens is 384 g/mol. The summed E-state index contributed by atoms with van der Waals surface area (Å²) < 4.78 is 27.1. The highest BCUT2D eigenvalue weighted by atomic mass is 35.5. The molecule has 148 valence electrons. The second-order valence-corrected chi connectivity index (χ2v) is 9.68. The maximum atomic E-state index is 12.8. The van der Waals surface area contributed by atoms with Gasteiger partial charge in [-0.2, -0.15) is 4.31 Å². The van der Waals surface area contributed by atoms with Crippen LogP contribution in [0.1, 0.15) is 44.9 Å². The Hall–Kier alpha value is -1.37. The first-order chi connectivity index (χ1) is 13.0. The molecule has 0 unspecified atom stereocenters. The lowest BCUT2D eigenvalue weighted by atomic mass is 9.96. The molecule has 2 aliphatic rings. The number of piperidine rings is 1. The third-order valence-corrected chi connectivity index (χ3v) is 7.47. The zero-order valence-corrected chi connectivity index (χ0v) is 17.1. The van der Waals surface area contributed by atoms with E-state index in [0.29, 0.717) is 24.5 Å². The predicted octanol–water partition coefficient (Wildman–Crippen LogP) is 3.75. The highest BCUT2D eigenvalue weighted by molar-refractivity contribution is 7.89. The number of sulfonamides is 1. The Morgan fingerprint density at radius 1 is 1.19 bits per heavy atom. The molecule has 1 aliphatic carbocycles. The molecule has 1 atom stereocenters. The fourth-order valence-electron chi connectivity index (χ4n) is 3.75. The molecule has 5 nitrogen and oxygen atoms in total. The molecule has 1 heterocycles. The van der Waals surface area contributed by atoms with Crippen LogP contribution in [0.3, 0.4) is 0 Å². The van der Waals surface area contributed by atoms with Crippen LogP contribution < -0.4 is 5.32 Å². The van der Waals surface area contributed by atoms with Gasteiger partial charge in [-0.05, 0) is 69.2 Å². The van der Waals surface area contributed by atoms with Gasteiger partial charge in [-0.1, -0.05) is 23.3 Å². The maximum Gasteiger partial charge on any atom is 0.243 e. The molecule has 1 saturated heterocycles. The van der Waals surface area contributed by atoms with Crippen LogP contribution in [0.25, 0.3) is 0 Å². The summed E-state index contributed by atoms with van der Waals surface area (Å²) >= 11 is 5.85. The van der Waals surface area contributed by atoms with Gasteiger partial charge in [-0.25, -0.2) is 8.42 Å². The first kappa shape index (κ1) is 20.4. The third-order valence-electron chi connectivity index (χ3n) is 5.34. The SMILES string of the molecule is O=C(NCCC1=CCCCC1)[C@@H]1CCCN(S(=O)(=O)c2ccc(Cl)cc2)C1. The first-order valence-electron chi connectivity index (χ1n) is 9.68. The number of amides is 1. The van der Waals surface area contributed by atoms with Crippen LogP contribution in [0.15, 0.2) is 40.8 Å². The molecule has 0 aromatic heterocycles. The van der Waals surface area contributed by atoms with Crippen molar-refractivity contribution in [3.8, 4) is 0 Å². The van der Waals surface area contributed by atoms with Crippen LogP contribution in [-0.2, 0) is 14.8 Å². The Morgan fingerprint density at radius 3 is 2.67 bits per heavy atom. The molecule has 27 heavy (non-hydrogen) atoms. The van der Waals surface area contributed by atoms with Crippen LogP contribution in [-0.4, -0.2) is 38.3 Å². The lowest BCUT2D eigenvalue weighted by Gasteiger charge is -2.31. The Balaban J connectivity index is 1.55. The van der Waals surface area contributed by atoms with Gasteiger partial charge in [0.2, 0.25) is 15.9 Å². The van der Waals surface area contributed by atoms with Gasteiger partial charge in [-0.15, -0.1) is 0 Å². The maximum absolute atomic E-state index is 12.8. The summed E-state index contributed by atoms with van der Waals surface area (Å²) in [6.45, 7) is 1.31. The normalized spacial score (nSPS) is 21.5. The smallest absolute Gasteiger partial charge is 0.243 e. The number of nitrogens with one attached hydrogen (secondary N) is 1. The number of halogens is 1. The molecule has 0 radical (unpaired) electrons. The van der Waals surface area contributed by atoms with E-state index in [2.05, 4.69) is 11.4 Å². The Morgan fingerprint density at radius 2 is 1.96 bits per heavy atom. The number of benzene rings is 1. The van der Waals surface area contributed by atoms with E-state index in [0.717, 1.165) is 25.7 Å². The molecule has 1 fully saturated rings. The van der Waals surface area contributed by atoms with Gasteiger partial charge in [0, 0.05) is 24.7 Å². The van der Waals surface area contributed by atoms with Crippen LogP contribution in [0.5, 0.6) is 0 Å². The second kappa shape index (κ2) is 9.22. The zero-order valence-electron chi connectivity index (χ0n) is 15.5. The summed E-state index contributed by atoms with van der Waals surface area (Å²) in [5.41, 5.74) is 1.43. The molecule has 1 amide bonds. The van der Waals surface area contributed by atoms with Gasteiger partial charge in [-0.3, -0.25) is 4.79 Å². The quantitative estimate of drug-likeness (QED) is 0.726. The molecule has 7 heteroatoms. The number of nitrogens with zero attached hydrogens (tertiary/aromatic N) is 1. The van der Waals surface area contributed by atoms with Crippen LogP contribution in [0.4, 0.5) is 0 Å². The first-order valence-corrected chi connectivity index (χ1v) is 11.5. The predicted molar refractivity (Wildman–Crippen MR) is 107 cm³/mol. The zero-order chi connectivity index (χ0) is 19.3. The average Bonchev–Trinajstić information content (AvgIpc) is 2.69. The summed E-state index contributed by atoms with van der Waals surface area (Å²) in [6, 6.07) is 6.17. The van der Waals surface area contributed by atoms with Crippen molar-refractivity contribution in [2.45, 2.75) is 49.8 Å². The van der Waals surface area contributed by atoms with E-state index in [-0.39, 0.29) is 23.3 Å². The molecule has 3 rings (SSSR count). The number of hydrogen-bond acceptors (Lipinski definition) is 3. The number of rotatable bonds is 6. The minimum absolute atomic E-state index is 0.0394. The van der Waals surface area contributed by atoms with E-state index >= 15 is 0 Å². The molecule has 0 saturated carbocycles. The largest absolute Gasteiger partial charge is 0.356 e. The summed E-state index contributed by atoms with van der Waals surface area (Å²) in [7, 11) is -3.60. The van der Waals surface area contributed by atoms with Gasteiger partial charge >= 0.3 is 0 Å². The van der Waals surface area contributed by atoms with Crippen molar-refractivity contribution in [2.75, 3.05) is 19.6 Å². The molecule has 1 aromatic rings. The van der Waals surface area contributed by atoms with Gasteiger partial charge in [0.05, 0.1) is 10.8 Å². The van der Waals surface area contributed by atoms with Crippen LogP contribution in [0, 0.1) is 5.92 Å². The van der Waals surface area contributed by atoms with E-state index in [1.165, 1.54) is 34.9 Å². The van der Waals surface area contributed by atoms with Crippen molar-refractivity contribution < 1.29 is 13.2 Å². The number of allylic oxidation sites excluding steroid dienone is 1. The van der Waals surface area contributed by atoms with Crippen LogP contribution in [0.2, 0.25) is 5.02 Å². The van der Waals surface area contributed by atoms with Crippen LogP contribution >= 0.6 is 11.6 Å². The van der Waals surface area contributed by atoms with E-state index in [1.54, 1.807) is 12.1 Å². The van der Waals surface area contributed by atoms with E-state index in [4.69, 9.17) is 11.6 Å². The van der Waals surface area contributed by atoms with Gasteiger partial charge < -0.3 is 5.32 Å². The Bertz CT molecular complexity index is 790. The number of hydrogen-bond donors (Lipinski definition) is 1. The second-order valence-electron chi connectivity index (χ2n) is 7.31. The minimum Gasteiger partial charge on any atom is -0.356 e. The minimum atomic E-state index is -3.60. The van der Waals surface area contributed by atoms with E-state index in [9.17, 15) is 13.2 Å².